The predicted octanol–water partition coefficient (Wildman–Crippen LogP) is 1.40. The Balaban J connectivity index is 2.28. The topological polar surface area (TPSA) is 42.0 Å². The molecule has 0 unspecified atom stereocenters. The number of amides is 1. The summed E-state index contributed by atoms with van der Waals surface area (Å²) in [6.45, 7) is 5.23. The normalized spacial score (nSPS) is 16.1. The number of rotatable bonds is 3. The summed E-state index contributed by atoms with van der Waals surface area (Å²) in [5.74, 6) is 1.32. The van der Waals surface area contributed by atoms with Crippen LogP contribution in [0.5, 0.6) is 11.5 Å². The van der Waals surface area contributed by atoms with Crippen molar-refractivity contribution < 1.29 is 14.3 Å². The van der Waals surface area contributed by atoms with Gasteiger partial charge < -0.3 is 19.3 Å². The van der Waals surface area contributed by atoms with Gasteiger partial charge in [0.1, 0.15) is 11.5 Å². The standard InChI is InChI=1S/C15H22N2O3/c1-11-9-14(20-4)12(10-13(11)19-3)15(18)17-7-5-16(2)6-8-17/h9-10H,5-8H2,1-4H3. The lowest BCUT2D eigenvalue weighted by atomic mass is 10.1. The molecule has 1 aliphatic rings. The first-order valence-corrected chi connectivity index (χ1v) is 6.77. The number of hydrogen-bond donors (Lipinski definition) is 0. The van der Waals surface area contributed by atoms with Crippen molar-refractivity contribution in [3.05, 3.63) is 23.3 Å². The van der Waals surface area contributed by atoms with Crippen LogP contribution in [0.3, 0.4) is 0 Å². The molecule has 0 atom stereocenters. The summed E-state index contributed by atoms with van der Waals surface area (Å²) in [6, 6.07) is 3.62. The fraction of sp³-hybridized carbons (Fsp3) is 0.533. The molecule has 1 saturated heterocycles. The van der Waals surface area contributed by atoms with E-state index < -0.39 is 0 Å². The van der Waals surface area contributed by atoms with E-state index in [2.05, 4.69) is 11.9 Å². The van der Waals surface area contributed by atoms with Crippen LogP contribution < -0.4 is 9.47 Å². The third-order valence-corrected chi connectivity index (χ3v) is 3.74. The Labute approximate surface area is 120 Å². The summed E-state index contributed by atoms with van der Waals surface area (Å²) in [4.78, 5) is 16.7. The van der Waals surface area contributed by atoms with Gasteiger partial charge in [-0.1, -0.05) is 0 Å². The van der Waals surface area contributed by atoms with Crippen LogP contribution in [0.15, 0.2) is 12.1 Å². The fourth-order valence-corrected chi connectivity index (χ4v) is 2.40. The van der Waals surface area contributed by atoms with Crippen molar-refractivity contribution in [3.63, 3.8) is 0 Å². The summed E-state index contributed by atoms with van der Waals surface area (Å²) < 4.78 is 10.7. The van der Waals surface area contributed by atoms with Gasteiger partial charge in [0.2, 0.25) is 0 Å². The maximum atomic E-state index is 12.6. The highest BCUT2D eigenvalue weighted by Gasteiger charge is 2.24. The summed E-state index contributed by atoms with van der Waals surface area (Å²) in [7, 11) is 5.26. The second-order valence-electron chi connectivity index (χ2n) is 5.12. The number of nitrogens with zero attached hydrogens (tertiary/aromatic N) is 2. The Bertz CT molecular complexity index is 494. The molecule has 1 amide bonds. The zero-order valence-corrected chi connectivity index (χ0v) is 12.6. The van der Waals surface area contributed by atoms with E-state index in [9.17, 15) is 4.79 Å². The Hall–Kier alpha value is -1.75. The zero-order chi connectivity index (χ0) is 14.7. The van der Waals surface area contributed by atoms with Gasteiger partial charge in [0, 0.05) is 26.2 Å². The van der Waals surface area contributed by atoms with Crippen LogP contribution in [0, 0.1) is 6.92 Å². The number of carbonyl (C=O) groups excluding carboxylic acids is 1. The van der Waals surface area contributed by atoms with E-state index in [0.717, 1.165) is 31.7 Å². The van der Waals surface area contributed by atoms with Gasteiger partial charge >= 0.3 is 0 Å². The fourth-order valence-electron chi connectivity index (χ4n) is 2.40. The van der Waals surface area contributed by atoms with E-state index >= 15 is 0 Å². The Morgan fingerprint density at radius 1 is 1.05 bits per heavy atom. The minimum atomic E-state index is 0.00764. The summed E-state index contributed by atoms with van der Waals surface area (Å²) in [6.07, 6.45) is 0. The summed E-state index contributed by atoms with van der Waals surface area (Å²) in [5, 5.41) is 0. The lowest BCUT2D eigenvalue weighted by Gasteiger charge is -2.32. The Kier molecular flexibility index (Phi) is 4.49. The molecule has 0 N–H and O–H groups in total. The largest absolute Gasteiger partial charge is 0.496 e. The minimum absolute atomic E-state index is 0.00764. The first-order chi connectivity index (χ1) is 9.56. The minimum Gasteiger partial charge on any atom is -0.496 e. The number of methoxy groups -OCH3 is 2. The molecule has 1 aromatic carbocycles. The SMILES string of the molecule is COc1cc(C(=O)N2CCN(C)CC2)c(OC)cc1C. The molecule has 5 nitrogen and oxygen atoms in total. The van der Waals surface area contributed by atoms with E-state index in [1.54, 1.807) is 20.3 Å². The molecule has 1 aromatic rings. The monoisotopic (exact) mass is 278 g/mol. The molecule has 110 valence electrons. The van der Waals surface area contributed by atoms with Crippen molar-refractivity contribution >= 4 is 5.91 Å². The Morgan fingerprint density at radius 3 is 2.20 bits per heavy atom. The highest BCUT2D eigenvalue weighted by molar-refractivity contribution is 5.97. The molecule has 0 bridgehead atoms. The van der Waals surface area contributed by atoms with Crippen molar-refractivity contribution in [2.24, 2.45) is 0 Å². The number of hydrogen-bond acceptors (Lipinski definition) is 4. The Morgan fingerprint density at radius 2 is 1.65 bits per heavy atom. The average Bonchev–Trinajstić information content (AvgIpc) is 2.47. The van der Waals surface area contributed by atoms with Crippen LogP contribution in [-0.4, -0.2) is 63.2 Å². The van der Waals surface area contributed by atoms with E-state index in [0.29, 0.717) is 17.1 Å². The quantitative estimate of drug-likeness (QED) is 0.838. The maximum Gasteiger partial charge on any atom is 0.257 e. The summed E-state index contributed by atoms with van der Waals surface area (Å²) >= 11 is 0. The van der Waals surface area contributed by atoms with Crippen LogP contribution in [-0.2, 0) is 0 Å². The highest BCUT2D eigenvalue weighted by Crippen LogP contribution is 2.29. The molecule has 20 heavy (non-hydrogen) atoms. The molecule has 1 heterocycles. The van der Waals surface area contributed by atoms with Gasteiger partial charge in [-0.25, -0.2) is 0 Å². The van der Waals surface area contributed by atoms with Crippen molar-refractivity contribution in [1.29, 1.82) is 0 Å². The number of benzene rings is 1. The number of ether oxygens (including phenoxy) is 2. The van der Waals surface area contributed by atoms with Crippen LogP contribution in [0.2, 0.25) is 0 Å². The van der Waals surface area contributed by atoms with Crippen LogP contribution in [0.4, 0.5) is 0 Å². The molecule has 0 spiro atoms. The molecule has 0 radical (unpaired) electrons. The first kappa shape index (κ1) is 14.7. The second-order valence-corrected chi connectivity index (χ2v) is 5.12. The van der Waals surface area contributed by atoms with Gasteiger partial charge in [0.05, 0.1) is 19.8 Å². The van der Waals surface area contributed by atoms with Gasteiger partial charge in [-0.15, -0.1) is 0 Å². The van der Waals surface area contributed by atoms with Crippen molar-refractivity contribution in [1.82, 2.24) is 9.80 Å². The van der Waals surface area contributed by atoms with Gasteiger partial charge in [0.25, 0.3) is 5.91 Å². The lowest BCUT2D eigenvalue weighted by molar-refractivity contribution is 0.0660. The average molecular weight is 278 g/mol. The van der Waals surface area contributed by atoms with Crippen LogP contribution in [0.1, 0.15) is 15.9 Å². The number of carbonyl (C=O) groups is 1. The predicted molar refractivity (Wildman–Crippen MR) is 77.7 cm³/mol. The van der Waals surface area contributed by atoms with E-state index in [4.69, 9.17) is 9.47 Å². The molecule has 0 aromatic heterocycles. The molecule has 1 fully saturated rings. The molecular weight excluding hydrogens is 256 g/mol. The van der Waals surface area contributed by atoms with Gasteiger partial charge in [0.15, 0.2) is 0 Å². The molecular formula is C15H22N2O3. The van der Waals surface area contributed by atoms with Gasteiger partial charge in [-0.3, -0.25) is 4.79 Å². The molecule has 0 saturated carbocycles. The zero-order valence-electron chi connectivity index (χ0n) is 12.6. The van der Waals surface area contributed by atoms with Crippen LogP contribution in [0.25, 0.3) is 0 Å². The number of likely N-dealkylation sites (N-methyl/N-ethyl adjacent to an activating group) is 1. The number of piperazine rings is 1. The van der Waals surface area contributed by atoms with E-state index in [1.165, 1.54) is 0 Å². The van der Waals surface area contributed by atoms with Crippen LogP contribution >= 0.6 is 0 Å². The highest BCUT2D eigenvalue weighted by atomic mass is 16.5. The third kappa shape index (κ3) is 2.88. The second kappa shape index (κ2) is 6.13. The molecule has 1 aliphatic heterocycles. The third-order valence-electron chi connectivity index (χ3n) is 3.74. The smallest absolute Gasteiger partial charge is 0.257 e. The molecule has 2 rings (SSSR count). The lowest BCUT2D eigenvalue weighted by Crippen LogP contribution is -2.47. The maximum absolute atomic E-state index is 12.6. The van der Waals surface area contributed by atoms with Crippen molar-refractivity contribution in [3.8, 4) is 11.5 Å². The van der Waals surface area contributed by atoms with E-state index in [1.807, 2.05) is 17.9 Å². The van der Waals surface area contributed by atoms with Crippen molar-refractivity contribution in [2.45, 2.75) is 6.92 Å². The molecule has 5 heteroatoms. The number of aryl methyl sites for hydroxylation is 1. The van der Waals surface area contributed by atoms with Crippen molar-refractivity contribution in [2.75, 3.05) is 47.4 Å². The van der Waals surface area contributed by atoms with Gasteiger partial charge in [-0.05, 0) is 31.7 Å². The summed E-state index contributed by atoms with van der Waals surface area (Å²) in [5.41, 5.74) is 1.53. The van der Waals surface area contributed by atoms with Gasteiger partial charge in [-0.2, -0.15) is 0 Å². The molecule has 0 aliphatic carbocycles. The van der Waals surface area contributed by atoms with E-state index in [-0.39, 0.29) is 5.91 Å². The first-order valence-electron chi connectivity index (χ1n) is 6.77.